The second-order valence-electron chi connectivity index (χ2n) is 4.71. The van der Waals surface area contributed by atoms with Crippen LogP contribution < -0.4 is 10.1 Å². The topological polar surface area (TPSA) is 62.8 Å². The van der Waals surface area contributed by atoms with E-state index in [-0.39, 0.29) is 6.04 Å². The lowest BCUT2D eigenvalue weighted by Gasteiger charge is -2.20. The van der Waals surface area contributed by atoms with Gasteiger partial charge in [0.15, 0.2) is 0 Å². The summed E-state index contributed by atoms with van der Waals surface area (Å²) in [5, 5.41) is 10.9. The molecule has 0 radical (unpaired) electrons. The van der Waals surface area contributed by atoms with Gasteiger partial charge >= 0.3 is 0 Å². The molecule has 1 atom stereocenters. The minimum Gasteiger partial charge on any atom is -0.497 e. The molecule has 1 unspecified atom stereocenters. The van der Waals surface area contributed by atoms with E-state index in [0.717, 1.165) is 16.9 Å². The van der Waals surface area contributed by atoms with Crippen molar-refractivity contribution in [3.05, 3.63) is 71.1 Å². The molecule has 2 N–H and O–H groups in total. The first-order chi connectivity index (χ1) is 10.8. The fourth-order valence-corrected chi connectivity index (χ4v) is 2.48. The Kier molecular flexibility index (Phi) is 4.25. The van der Waals surface area contributed by atoms with Crippen molar-refractivity contribution < 1.29 is 4.74 Å². The van der Waals surface area contributed by atoms with Crippen LogP contribution in [-0.2, 0) is 0 Å². The Morgan fingerprint density at radius 1 is 1.27 bits per heavy atom. The van der Waals surface area contributed by atoms with E-state index in [0.29, 0.717) is 10.8 Å². The Morgan fingerprint density at radius 2 is 2.14 bits per heavy atom. The van der Waals surface area contributed by atoms with Crippen LogP contribution in [0.5, 0.6) is 5.75 Å². The van der Waals surface area contributed by atoms with Crippen molar-refractivity contribution in [1.29, 1.82) is 0 Å². The van der Waals surface area contributed by atoms with Crippen molar-refractivity contribution >= 4 is 17.4 Å². The second kappa shape index (κ2) is 6.49. The molecule has 0 aliphatic heterocycles. The molecular weight excluding hydrogens is 300 g/mol. The molecular formula is C16H15ClN4O. The van der Waals surface area contributed by atoms with E-state index in [9.17, 15) is 0 Å². The molecule has 22 heavy (non-hydrogen) atoms. The SMILES string of the molecule is COc1ccnc(NC(c2cn[nH]c2)c2ccccc2Cl)c1. The van der Waals surface area contributed by atoms with Crippen LogP contribution in [0, 0.1) is 0 Å². The van der Waals surface area contributed by atoms with E-state index >= 15 is 0 Å². The lowest BCUT2D eigenvalue weighted by atomic mass is 10.0. The number of nitrogens with zero attached hydrogens (tertiary/aromatic N) is 2. The van der Waals surface area contributed by atoms with Gasteiger partial charge in [0.1, 0.15) is 11.6 Å². The van der Waals surface area contributed by atoms with Gasteiger partial charge in [-0.15, -0.1) is 0 Å². The molecule has 0 aliphatic rings. The van der Waals surface area contributed by atoms with Gasteiger partial charge in [-0.2, -0.15) is 5.10 Å². The molecule has 0 saturated carbocycles. The van der Waals surface area contributed by atoms with E-state index in [2.05, 4.69) is 20.5 Å². The van der Waals surface area contributed by atoms with Crippen molar-refractivity contribution in [2.45, 2.75) is 6.04 Å². The third-order valence-electron chi connectivity index (χ3n) is 3.33. The number of hydrogen-bond acceptors (Lipinski definition) is 4. The van der Waals surface area contributed by atoms with Gasteiger partial charge in [0.05, 0.1) is 19.3 Å². The minimum absolute atomic E-state index is 0.160. The largest absolute Gasteiger partial charge is 0.497 e. The van der Waals surface area contributed by atoms with Crippen molar-refractivity contribution in [3.8, 4) is 5.75 Å². The Balaban J connectivity index is 1.98. The molecule has 112 valence electrons. The fraction of sp³-hybridized carbons (Fsp3) is 0.125. The van der Waals surface area contributed by atoms with Gasteiger partial charge in [0.2, 0.25) is 0 Å². The molecule has 2 aromatic heterocycles. The predicted octanol–water partition coefficient (Wildman–Crippen LogP) is 3.67. The molecule has 0 aliphatic carbocycles. The summed E-state index contributed by atoms with van der Waals surface area (Å²) in [7, 11) is 1.63. The maximum atomic E-state index is 6.34. The number of halogens is 1. The number of pyridine rings is 1. The maximum absolute atomic E-state index is 6.34. The summed E-state index contributed by atoms with van der Waals surface area (Å²) in [4.78, 5) is 4.33. The van der Waals surface area contributed by atoms with E-state index in [1.807, 2.05) is 36.5 Å². The standard InChI is InChI=1S/C16H15ClN4O/c1-22-12-6-7-18-15(8-12)21-16(11-9-19-20-10-11)13-4-2-3-5-14(13)17/h2-10,16H,1H3,(H,18,21)(H,19,20). The van der Waals surface area contributed by atoms with E-state index in [4.69, 9.17) is 16.3 Å². The Labute approximate surface area is 133 Å². The maximum Gasteiger partial charge on any atom is 0.130 e. The van der Waals surface area contributed by atoms with Gasteiger partial charge < -0.3 is 10.1 Å². The number of methoxy groups -OCH3 is 1. The summed E-state index contributed by atoms with van der Waals surface area (Å²) in [6, 6.07) is 11.2. The van der Waals surface area contributed by atoms with Crippen LogP contribution in [0.4, 0.5) is 5.82 Å². The van der Waals surface area contributed by atoms with Crippen molar-refractivity contribution in [2.75, 3.05) is 12.4 Å². The number of hydrogen-bond donors (Lipinski definition) is 2. The third kappa shape index (κ3) is 3.04. The van der Waals surface area contributed by atoms with Gasteiger partial charge in [0, 0.05) is 29.0 Å². The average Bonchev–Trinajstić information content (AvgIpc) is 3.08. The molecule has 0 bridgehead atoms. The molecule has 0 spiro atoms. The van der Waals surface area contributed by atoms with E-state index in [1.165, 1.54) is 0 Å². The van der Waals surface area contributed by atoms with Crippen molar-refractivity contribution in [1.82, 2.24) is 15.2 Å². The second-order valence-corrected chi connectivity index (χ2v) is 5.12. The molecule has 3 rings (SSSR count). The lowest BCUT2D eigenvalue weighted by molar-refractivity contribution is 0.414. The molecule has 5 nitrogen and oxygen atoms in total. The number of benzene rings is 1. The number of aromatic nitrogens is 3. The van der Waals surface area contributed by atoms with Crippen LogP contribution in [0.2, 0.25) is 5.02 Å². The summed E-state index contributed by atoms with van der Waals surface area (Å²) in [6.45, 7) is 0. The molecule has 3 aromatic rings. The van der Waals surface area contributed by atoms with Gasteiger partial charge in [-0.05, 0) is 17.7 Å². The summed E-state index contributed by atoms with van der Waals surface area (Å²) in [6.07, 6.45) is 5.29. The number of anilines is 1. The summed E-state index contributed by atoms with van der Waals surface area (Å²) >= 11 is 6.34. The van der Waals surface area contributed by atoms with E-state index in [1.54, 1.807) is 25.6 Å². The van der Waals surface area contributed by atoms with Crippen LogP contribution in [0.25, 0.3) is 0 Å². The highest BCUT2D eigenvalue weighted by molar-refractivity contribution is 6.31. The van der Waals surface area contributed by atoms with Gasteiger partial charge in [-0.25, -0.2) is 4.98 Å². The zero-order valence-electron chi connectivity index (χ0n) is 12.0. The van der Waals surface area contributed by atoms with Crippen molar-refractivity contribution in [3.63, 3.8) is 0 Å². The average molecular weight is 315 g/mol. The fourth-order valence-electron chi connectivity index (χ4n) is 2.23. The smallest absolute Gasteiger partial charge is 0.130 e. The highest BCUT2D eigenvalue weighted by atomic mass is 35.5. The number of ether oxygens (including phenoxy) is 1. The van der Waals surface area contributed by atoms with Crippen molar-refractivity contribution in [2.24, 2.45) is 0 Å². The zero-order chi connectivity index (χ0) is 15.4. The highest BCUT2D eigenvalue weighted by Gasteiger charge is 2.18. The highest BCUT2D eigenvalue weighted by Crippen LogP contribution is 2.31. The number of H-pyrrole nitrogens is 1. The third-order valence-corrected chi connectivity index (χ3v) is 3.67. The number of nitrogens with one attached hydrogen (secondary N) is 2. The molecule has 0 saturated heterocycles. The summed E-state index contributed by atoms with van der Waals surface area (Å²) in [5.74, 6) is 1.44. The van der Waals surface area contributed by atoms with Crippen LogP contribution in [0.1, 0.15) is 17.2 Å². The van der Waals surface area contributed by atoms with Gasteiger partial charge in [-0.1, -0.05) is 29.8 Å². The number of aromatic amines is 1. The number of rotatable bonds is 5. The Bertz CT molecular complexity index is 745. The normalized spacial score (nSPS) is 11.9. The molecule has 2 heterocycles. The molecule has 0 amide bonds. The quantitative estimate of drug-likeness (QED) is 0.754. The van der Waals surface area contributed by atoms with E-state index < -0.39 is 0 Å². The summed E-state index contributed by atoms with van der Waals surface area (Å²) in [5.41, 5.74) is 1.92. The summed E-state index contributed by atoms with van der Waals surface area (Å²) < 4.78 is 5.23. The first kappa shape index (κ1) is 14.4. The van der Waals surface area contributed by atoms with Gasteiger partial charge in [-0.3, -0.25) is 5.10 Å². The first-order valence-electron chi connectivity index (χ1n) is 6.77. The van der Waals surface area contributed by atoms with Crippen LogP contribution in [-0.4, -0.2) is 22.3 Å². The predicted molar refractivity (Wildman–Crippen MR) is 86.3 cm³/mol. The van der Waals surface area contributed by atoms with Crippen LogP contribution >= 0.6 is 11.6 Å². The lowest BCUT2D eigenvalue weighted by Crippen LogP contribution is -2.13. The first-order valence-corrected chi connectivity index (χ1v) is 7.15. The molecule has 1 aromatic carbocycles. The zero-order valence-corrected chi connectivity index (χ0v) is 12.7. The Hall–Kier alpha value is -2.53. The van der Waals surface area contributed by atoms with Crippen LogP contribution in [0.3, 0.4) is 0 Å². The monoisotopic (exact) mass is 314 g/mol. The minimum atomic E-state index is -0.160. The van der Waals surface area contributed by atoms with Crippen LogP contribution in [0.15, 0.2) is 55.0 Å². The molecule has 0 fully saturated rings. The molecule has 6 heteroatoms. The Morgan fingerprint density at radius 3 is 2.86 bits per heavy atom. The van der Waals surface area contributed by atoms with Gasteiger partial charge in [0.25, 0.3) is 0 Å².